The molecule has 2 aromatic rings. The third kappa shape index (κ3) is 8.22. The maximum absolute atomic E-state index is 4.67. The highest BCUT2D eigenvalue weighted by atomic mass is 32.2. The Morgan fingerprint density at radius 1 is 1.11 bits per heavy atom. The van der Waals surface area contributed by atoms with Crippen LogP contribution in [0.15, 0.2) is 82.4 Å². The van der Waals surface area contributed by atoms with Crippen LogP contribution < -0.4 is 10.2 Å². The topological polar surface area (TPSA) is 41.1 Å². The summed E-state index contributed by atoms with van der Waals surface area (Å²) in [4.78, 5) is 13.0. The highest BCUT2D eigenvalue weighted by molar-refractivity contribution is 8.05. The number of nitrogens with zero attached hydrogens (tertiary/aromatic N) is 3. The van der Waals surface area contributed by atoms with E-state index in [-0.39, 0.29) is 0 Å². The summed E-state index contributed by atoms with van der Waals surface area (Å²) in [5.74, 6) is 1.92. The molecule has 37 heavy (non-hydrogen) atoms. The minimum absolute atomic E-state index is 0.719. The van der Waals surface area contributed by atoms with Crippen LogP contribution in [-0.4, -0.2) is 23.1 Å². The van der Waals surface area contributed by atoms with E-state index in [1.54, 1.807) is 6.33 Å². The molecule has 2 heterocycles. The molecule has 0 fully saturated rings. The fourth-order valence-corrected chi connectivity index (χ4v) is 5.33. The average Bonchev–Trinajstić information content (AvgIpc) is 2.90. The van der Waals surface area contributed by atoms with Crippen LogP contribution in [-0.2, 0) is 6.54 Å². The first-order valence-electron chi connectivity index (χ1n) is 13.4. The van der Waals surface area contributed by atoms with Gasteiger partial charge in [-0.25, -0.2) is 9.97 Å². The van der Waals surface area contributed by atoms with Gasteiger partial charge in [-0.15, -0.1) is 11.8 Å². The maximum atomic E-state index is 4.67. The van der Waals surface area contributed by atoms with Crippen LogP contribution in [0.2, 0.25) is 0 Å². The number of allylic oxidation sites excluding steroid dienone is 7. The van der Waals surface area contributed by atoms with Gasteiger partial charge in [0.15, 0.2) is 0 Å². The van der Waals surface area contributed by atoms with E-state index in [4.69, 9.17) is 0 Å². The van der Waals surface area contributed by atoms with Crippen molar-refractivity contribution in [3.63, 3.8) is 0 Å². The molecule has 5 heteroatoms. The van der Waals surface area contributed by atoms with Crippen molar-refractivity contribution >= 4 is 29.0 Å². The van der Waals surface area contributed by atoms with E-state index in [0.717, 1.165) is 56.1 Å². The van der Waals surface area contributed by atoms with Gasteiger partial charge in [0, 0.05) is 23.6 Å². The number of nitrogens with one attached hydrogen (secondary N) is 1. The molecule has 1 aliphatic rings. The van der Waals surface area contributed by atoms with Crippen LogP contribution in [0.3, 0.4) is 0 Å². The zero-order valence-corrected chi connectivity index (χ0v) is 24.2. The van der Waals surface area contributed by atoms with Crippen molar-refractivity contribution in [1.29, 1.82) is 0 Å². The normalized spacial score (nSPS) is 15.4. The lowest BCUT2D eigenvalue weighted by Gasteiger charge is -2.31. The first-order chi connectivity index (χ1) is 18.0. The monoisotopic (exact) mass is 514 g/mol. The highest BCUT2D eigenvalue weighted by Gasteiger charge is 2.20. The van der Waals surface area contributed by atoms with Crippen molar-refractivity contribution in [1.82, 2.24) is 9.97 Å². The minimum atomic E-state index is 0.719. The molecule has 0 radical (unpaired) electrons. The first kappa shape index (κ1) is 28.5. The average molecular weight is 515 g/mol. The maximum Gasteiger partial charge on any atom is 0.137 e. The molecule has 0 aliphatic carbocycles. The molecule has 0 spiro atoms. The molecule has 0 bridgehead atoms. The lowest BCUT2D eigenvalue weighted by atomic mass is 10.0. The molecule has 0 saturated heterocycles. The Kier molecular flexibility index (Phi) is 11.3. The molecule has 1 aromatic heterocycles. The summed E-state index contributed by atoms with van der Waals surface area (Å²) in [6.45, 7) is 15.5. The molecule has 1 N–H and O–H groups in total. The molecule has 196 valence electrons. The summed E-state index contributed by atoms with van der Waals surface area (Å²) in [7, 11) is 0. The Morgan fingerprint density at radius 2 is 1.89 bits per heavy atom. The largest absolute Gasteiger partial charge is 0.366 e. The Hall–Kier alpha value is -3.05. The van der Waals surface area contributed by atoms with E-state index in [0.29, 0.717) is 0 Å². The molecular formula is C32H42N4S. The summed E-state index contributed by atoms with van der Waals surface area (Å²) >= 11 is 1.84. The Balaban J connectivity index is 1.70. The SMILES string of the molecule is C\C=C/C(=C\C(C)=C\CC)c1ccc(CNc2ncnc(N3CCC(C)=C(S/C=C\CC)C3)c2C)cc1. The smallest absolute Gasteiger partial charge is 0.137 e. The van der Waals surface area contributed by atoms with E-state index in [2.05, 4.69) is 122 Å². The van der Waals surface area contributed by atoms with Gasteiger partial charge >= 0.3 is 0 Å². The number of hydrogen-bond donors (Lipinski definition) is 1. The van der Waals surface area contributed by atoms with Gasteiger partial charge in [-0.1, -0.05) is 79.6 Å². The van der Waals surface area contributed by atoms with Crippen molar-refractivity contribution in [2.45, 2.75) is 67.3 Å². The van der Waals surface area contributed by atoms with Crippen LogP contribution in [0.1, 0.15) is 70.6 Å². The van der Waals surface area contributed by atoms with Gasteiger partial charge in [0.2, 0.25) is 0 Å². The number of anilines is 2. The van der Waals surface area contributed by atoms with Gasteiger partial charge < -0.3 is 10.2 Å². The van der Waals surface area contributed by atoms with Gasteiger partial charge in [0.25, 0.3) is 0 Å². The standard InChI is InChI=1S/C32H42N4S/c1-7-10-19-37-30-22-36(18-17-25(30)5)32-26(6)31(34-23-35-32)33-21-27-13-15-28(16-14-27)29(12-9-3)20-24(4)11-8-2/h9-16,19-20,23H,7-8,17-18,21-22H2,1-6H3,(H,33,34,35)/b12-9-,19-10-,24-11+,29-20+. The molecule has 3 rings (SSSR count). The quantitative estimate of drug-likeness (QED) is 0.303. The van der Waals surface area contributed by atoms with E-state index >= 15 is 0 Å². The predicted octanol–water partition coefficient (Wildman–Crippen LogP) is 8.85. The molecule has 1 aliphatic heterocycles. The molecule has 0 atom stereocenters. The zero-order chi connectivity index (χ0) is 26.6. The summed E-state index contributed by atoms with van der Waals surface area (Å²) in [6, 6.07) is 8.80. The number of thioether (sulfide) groups is 1. The molecule has 1 aromatic carbocycles. The van der Waals surface area contributed by atoms with Crippen molar-refractivity contribution in [2.75, 3.05) is 23.3 Å². The highest BCUT2D eigenvalue weighted by Crippen LogP contribution is 2.32. The van der Waals surface area contributed by atoms with Gasteiger partial charge in [0.1, 0.15) is 18.0 Å². The van der Waals surface area contributed by atoms with Gasteiger partial charge in [-0.2, -0.15) is 0 Å². The second-order valence-electron chi connectivity index (χ2n) is 9.45. The van der Waals surface area contributed by atoms with E-state index in [9.17, 15) is 0 Å². The second-order valence-corrected chi connectivity index (χ2v) is 10.5. The summed E-state index contributed by atoms with van der Waals surface area (Å²) in [6.07, 6.45) is 15.9. The third-order valence-corrected chi connectivity index (χ3v) is 7.56. The van der Waals surface area contributed by atoms with Crippen LogP contribution in [0.25, 0.3) is 5.57 Å². The summed E-state index contributed by atoms with van der Waals surface area (Å²) in [5.41, 5.74) is 7.56. The van der Waals surface area contributed by atoms with Crippen molar-refractivity contribution in [3.8, 4) is 0 Å². The lowest BCUT2D eigenvalue weighted by Crippen LogP contribution is -2.32. The van der Waals surface area contributed by atoms with E-state index in [1.165, 1.54) is 32.8 Å². The Labute approximate surface area is 228 Å². The van der Waals surface area contributed by atoms with Crippen LogP contribution >= 0.6 is 11.8 Å². The van der Waals surface area contributed by atoms with Gasteiger partial charge in [0.05, 0.1) is 6.54 Å². The van der Waals surface area contributed by atoms with Gasteiger partial charge in [-0.3, -0.25) is 0 Å². The second kappa shape index (κ2) is 14.6. The van der Waals surface area contributed by atoms with Crippen LogP contribution in [0.4, 0.5) is 11.6 Å². The number of aromatic nitrogens is 2. The van der Waals surface area contributed by atoms with Crippen LogP contribution in [0, 0.1) is 6.92 Å². The molecule has 0 saturated carbocycles. The Bertz CT molecular complexity index is 1190. The first-order valence-corrected chi connectivity index (χ1v) is 14.3. The minimum Gasteiger partial charge on any atom is -0.366 e. The number of hydrogen-bond acceptors (Lipinski definition) is 5. The third-order valence-electron chi connectivity index (χ3n) is 6.47. The van der Waals surface area contributed by atoms with Crippen molar-refractivity contribution in [2.24, 2.45) is 0 Å². The lowest BCUT2D eigenvalue weighted by molar-refractivity contribution is 0.763. The molecular weight excluding hydrogens is 472 g/mol. The predicted molar refractivity (Wildman–Crippen MR) is 164 cm³/mol. The van der Waals surface area contributed by atoms with Gasteiger partial charge in [-0.05, 0) is 69.1 Å². The zero-order valence-electron chi connectivity index (χ0n) is 23.3. The molecule has 0 unspecified atom stereocenters. The van der Waals surface area contributed by atoms with E-state index in [1.807, 2.05) is 11.8 Å². The van der Waals surface area contributed by atoms with Crippen molar-refractivity contribution < 1.29 is 0 Å². The number of rotatable bonds is 11. The van der Waals surface area contributed by atoms with Crippen molar-refractivity contribution in [3.05, 3.63) is 99.1 Å². The Morgan fingerprint density at radius 3 is 2.59 bits per heavy atom. The van der Waals surface area contributed by atoms with E-state index < -0.39 is 0 Å². The van der Waals surface area contributed by atoms with Crippen LogP contribution in [0.5, 0.6) is 0 Å². The fourth-order valence-electron chi connectivity index (χ4n) is 4.35. The fraction of sp³-hybridized carbons (Fsp3) is 0.375. The molecule has 0 amide bonds. The molecule has 4 nitrogen and oxygen atoms in total. The number of benzene rings is 1. The summed E-state index contributed by atoms with van der Waals surface area (Å²) < 4.78 is 0. The summed E-state index contributed by atoms with van der Waals surface area (Å²) in [5, 5.41) is 5.77.